The highest BCUT2D eigenvalue weighted by molar-refractivity contribution is 6.32. The van der Waals surface area contributed by atoms with E-state index in [1.807, 2.05) is 0 Å². The second-order valence-corrected chi connectivity index (χ2v) is 4.78. The van der Waals surface area contributed by atoms with Gasteiger partial charge in [0.1, 0.15) is 5.82 Å². The molecule has 0 unspecified atom stereocenters. The third-order valence-electron chi connectivity index (χ3n) is 3.47. The molecule has 2 rings (SSSR count). The molecule has 1 fully saturated rings. The number of ether oxygens (including phenoxy) is 1. The summed E-state index contributed by atoms with van der Waals surface area (Å²) in [5.74, 6) is -1.74. The maximum absolute atomic E-state index is 13.0. The molecule has 0 aliphatic carbocycles. The number of nitrogens with zero attached hydrogens (tertiary/aromatic N) is 1. The van der Waals surface area contributed by atoms with Crippen molar-refractivity contribution in [3.8, 4) is 0 Å². The fraction of sp³-hybridized carbons (Fsp3) is 0.467. The molecule has 20 heavy (non-hydrogen) atoms. The van der Waals surface area contributed by atoms with E-state index in [9.17, 15) is 14.0 Å². The number of carbonyl (C=O) groups is 2. The fourth-order valence-corrected chi connectivity index (χ4v) is 2.52. The van der Waals surface area contributed by atoms with E-state index in [0.29, 0.717) is 6.54 Å². The average Bonchev–Trinajstić information content (AvgIpc) is 2.47. The van der Waals surface area contributed by atoms with E-state index >= 15 is 0 Å². The molecule has 0 radical (unpaired) electrons. The van der Waals surface area contributed by atoms with Crippen LogP contribution in [0, 0.1) is 5.82 Å². The Morgan fingerprint density at radius 1 is 1.30 bits per heavy atom. The zero-order chi connectivity index (χ0) is 14.5. The molecule has 1 aliphatic rings. The quantitative estimate of drug-likeness (QED) is 0.617. The number of likely N-dealkylation sites (tertiary alicyclic amines) is 1. The standard InChI is InChI=1S/C15H18FNO3/c1-2-20-15(19)14(18)17-10-4-3-5-13(17)11-6-8-12(16)9-7-11/h6-9,13H,2-5,10H2,1H3/t13-/m1/s1. The van der Waals surface area contributed by atoms with Crippen molar-refractivity contribution < 1.29 is 18.7 Å². The third kappa shape index (κ3) is 3.15. The first-order valence-electron chi connectivity index (χ1n) is 6.86. The Balaban J connectivity index is 2.18. The van der Waals surface area contributed by atoms with Crippen LogP contribution in [0.4, 0.5) is 4.39 Å². The summed E-state index contributed by atoms with van der Waals surface area (Å²) in [5, 5.41) is 0. The summed E-state index contributed by atoms with van der Waals surface area (Å²) < 4.78 is 17.8. The maximum atomic E-state index is 13.0. The van der Waals surface area contributed by atoms with Gasteiger partial charge in [-0.05, 0) is 43.9 Å². The summed E-state index contributed by atoms with van der Waals surface area (Å²) in [4.78, 5) is 25.3. The van der Waals surface area contributed by atoms with Crippen molar-refractivity contribution >= 4 is 11.9 Å². The molecule has 108 valence electrons. The summed E-state index contributed by atoms with van der Waals surface area (Å²) >= 11 is 0. The minimum Gasteiger partial charge on any atom is -0.459 e. The molecule has 0 spiro atoms. The van der Waals surface area contributed by atoms with Crippen molar-refractivity contribution in [1.82, 2.24) is 4.90 Å². The van der Waals surface area contributed by atoms with Gasteiger partial charge >= 0.3 is 11.9 Å². The smallest absolute Gasteiger partial charge is 0.397 e. The van der Waals surface area contributed by atoms with Crippen LogP contribution in [0.25, 0.3) is 0 Å². The number of hydrogen-bond donors (Lipinski definition) is 0. The highest BCUT2D eigenvalue weighted by Gasteiger charge is 2.32. The Hall–Kier alpha value is -1.91. The minimum atomic E-state index is -0.818. The van der Waals surface area contributed by atoms with E-state index < -0.39 is 11.9 Å². The van der Waals surface area contributed by atoms with Crippen LogP contribution in [0.15, 0.2) is 24.3 Å². The van der Waals surface area contributed by atoms with Crippen LogP contribution < -0.4 is 0 Å². The largest absolute Gasteiger partial charge is 0.459 e. The van der Waals surface area contributed by atoms with Gasteiger partial charge in [-0.3, -0.25) is 4.79 Å². The van der Waals surface area contributed by atoms with Gasteiger partial charge in [-0.15, -0.1) is 0 Å². The van der Waals surface area contributed by atoms with Gasteiger partial charge in [-0.2, -0.15) is 0 Å². The highest BCUT2D eigenvalue weighted by Crippen LogP contribution is 2.31. The first-order valence-corrected chi connectivity index (χ1v) is 6.86. The lowest BCUT2D eigenvalue weighted by atomic mass is 9.95. The molecule has 0 saturated carbocycles. The Morgan fingerprint density at radius 3 is 2.65 bits per heavy atom. The second kappa shape index (κ2) is 6.50. The fourth-order valence-electron chi connectivity index (χ4n) is 2.52. The van der Waals surface area contributed by atoms with Crippen LogP contribution in [0.2, 0.25) is 0 Å². The van der Waals surface area contributed by atoms with E-state index in [1.165, 1.54) is 17.0 Å². The molecule has 1 amide bonds. The van der Waals surface area contributed by atoms with Crippen molar-refractivity contribution in [1.29, 1.82) is 0 Å². The topological polar surface area (TPSA) is 46.6 Å². The van der Waals surface area contributed by atoms with Crippen molar-refractivity contribution in [2.45, 2.75) is 32.2 Å². The average molecular weight is 279 g/mol. The zero-order valence-corrected chi connectivity index (χ0v) is 11.5. The number of piperidine rings is 1. The van der Waals surface area contributed by atoms with Gasteiger partial charge < -0.3 is 9.64 Å². The maximum Gasteiger partial charge on any atom is 0.397 e. The van der Waals surface area contributed by atoms with Crippen LogP contribution >= 0.6 is 0 Å². The molecule has 4 nitrogen and oxygen atoms in total. The van der Waals surface area contributed by atoms with E-state index in [4.69, 9.17) is 4.74 Å². The number of esters is 1. The van der Waals surface area contributed by atoms with Crippen molar-refractivity contribution in [3.05, 3.63) is 35.6 Å². The number of hydrogen-bond acceptors (Lipinski definition) is 3. The molecule has 1 saturated heterocycles. The molecule has 5 heteroatoms. The first kappa shape index (κ1) is 14.5. The van der Waals surface area contributed by atoms with Gasteiger partial charge in [-0.1, -0.05) is 12.1 Å². The predicted molar refractivity (Wildman–Crippen MR) is 71.3 cm³/mol. The summed E-state index contributed by atoms with van der Waals surface area (Å²) in [7, 11) is 0. The lowest BCUT2D eigenvalue weighted by Gasteiger charge is -2.35. The van der Waals surface area contributed by atoms with Crippen molar-refractivity contribution in [3.63, 3.8) is 0 Å². The Kier molecular flexibility index (Phi) is 4.71. The Bertz CT molecular complexity index is 486. The molecule has 0 bridgehead atoms. The molecular weight excluding hydrogens is 261 g/mol. The lowest BCUT2D eigenvalue weighted by Crippen LogP contribution is -2.43. The molecule has 1 aromatic rings. The van der Waals surface area contributed by atoms with Crippen LogP contribution in [0.5, 0.6) is 0 Å². The van der Waals surface area contributed by atoms with Gasteiger partial charge in [0, 0.05) is 6.54 Å². The number of benzene rings is 1. The number of halogens is 1. The predicted octanol–water partition coefficient (Wildman–Crippen LogP) is 2.44. The van der Waals surface area contributed by atoms with Gasteiger partial charge in [0.15, 0.2) is 0 Å². The van der Waals surface area contributed by atoms with Crippen molar-refractivity contribution in [2.24, 2.45) is 0 Å². The summed E-state index contributed by atoms with van der Waals surface area (Å²) in [5.41, 5.74) is 0.851. The van der Waals surface area contributed by atoms with E-state index in [0.717, 1.165) is 24.8 Å². The third-order valence-corrected chi connectivity index (χ3v) is 3.47. The molecule has 1 aromatic carbocycles. The molecule has 1 atom stereocenters. The molecule has 0 N–H and O–H groups in total. The van der Waals surface area contributed by atoms with Crippen molar-refractivity contribution in [2.75, 3.05) is 13.2 Å². The van der Waals surface area contributed by atoms with Gasteiger partial charge in [0.25, 0.3) is 0 Å². The van der Waals surface area contributed by atoms with E-state index in [-0.39, 0.29) is 18.5 Å². The van der Waals surface area contributed by atoms with Gasteiger partial charge in [0.05, 0.1) is 12.6 Å². The van der Waals surface area contributed by atoms with Crippen LogP contribution in [0.1, 0.15) is 37.8 Å². The number of amides is 1. The van der Waals surface area contributed by atoms with Crippen LogP contribution in [0.3, 0.4) is 0 Å². The number of carbonyl (C=O) groups excluding carboxylic acids is 2. The van der Waals surface area contributed by atoms with E-state index in [2.05, 4.69) is 0 Å². The number of rotatable bonds is 2. The minimum absolute atomic E-state index is 0.179. The zero-order valence-electron chi connectivity index (χ0n) is 11.5. The Labute approximate surface area is 117 Å². The van der Waals surface area contributed by atoms with E-state index in [1.54, 1.807) is 19.1 Å². The van der Waals surface area contributed by atoms with Gasteiger partial charge in [0.2, 0.25) is 0 Å². The first-order chi connectivity index (χ1) is 9.63. The SMILES string of the molecule is CCOC(=O)C(=O)N1CCCC[C@@H]1c1ccc(F)cc1. The van der Waals surface area contributed by atoms with Crippen LogP contribution in [-0.2, 0) is 14.3 Å². The molecule has 0 aromatic heterocycles. The highest BCUT2D eigenvalue weighted by atomic mass is 19.1. The summed E-state index contributed by atoms with van der Waals surface area (Å²) in [6, 6.07) is 5.89. The molecule has 1 heterocycles. The summed E-state index contributed by atoms with van der Waals surface area (Å²) in [6.07, 6.45) is 2.62. The molecule has 1 aliphatic heterocycles. The second-order valence-electron chi connectivity index (χ2n) is 4.78. The van der Waals surface area contributed by atoms with Crippen LogP contribution in [-0.4, -0.2) is 29.9 Å². The lowest BCUT2D eigenvalue weighted by molar-refractivity contribution is -0.161. The normalized spacial score (nSPS) is 18.7. The Morgan fingerprint density at radius 2 is 2.00 bits per heavy atom. The monoisotopic (exact) mass is 279 g/mol. The molecular formula is C15H18FNO3. The summed E-state index contributed by atoms with van der Waals surface area (Å²) in [6.45, 7) is 2.37. The van der Waals surface area contributed by atoms with Gasteiger partial charge in [-0.25, -0.2) is 9.18 Å².